The fourth-order valence-corrected chi connectivity index (χ4v) is 2.50. The lowest BCUT2D eigenvalue weighted by Gasteiger charge is -2.16. The fourth-order valence-electron chi connectivity index (χ4n) is 1.45. The summed E-state index contributed by atoms with van der Waals surface area (Å²) in [6.45, 7) is 7.10. The molecule has 0 aromatic rings. The number of thioether (sulfide) groups is 1. The minimum atomic E-state index is 0. The summed E-state index contributed by atoms with van der Waals surface area (Å²) in [5, 5.41) is 3.00. The van der Waals surface area contributed by atoms with E-state index in [0.29, 0.717) is 18.2 Å². The Kier molecular flexibility index (Phi) is 15.3. The van der Waals surface area contributed by atoms with Crippen molar-refractivity contribution in [2.75, 3.05) is 18.1 Å². The summed E-state index contributed by atoms with van der Waals surface area (Å²) in [6.07, 6.45) is 4.45. The second-order valence-electron chi connectivity index (χ2n) is 4.88. The first-order valence-electron chi connectivity index (χ1n) is 6.67. The highest BCUT2D eigenvalue weighted by molar-refractivity contribution is 7.99. The summed E-state index contributed by atoms with van der Waals surface area (Å²) in [6, 6.07) is 0.160. The van der Waals surface area contributed by atoms with E-state index >= 15 is 0 Å². The van der Waals surface area contributed by atoms with Crippen molar-refractivity contribution < 1.29 is 4.79 Å². The van der Waals surface area contributed by atoms with Gasteiger partial charge in [0.15, 0.2) is 0 Å². The van der Waals surface area contributed by atoms with Crippen LogP contribution in [0.1, 0.15) is 46.5 Å². The van der Waals surface area contributed by atoms with Gasteiger partial charge in [0, 0.05) is 12.6 Å². The van der Waals surface area contributed by atoms with Crippen LogP contribution in [0.2, 0.25) is 0 Å². The van der Waals surface area contributed by atoms with Gasteiger partial charge in [0.25, 0.3) is 0 Å². The number of amides is 1. The van der Waals surface area contributed by atoms with E-state index in [0.717, 1.165) is 25.0 Å². The van der Waals surface area contributed by atoms with Crippen LogP contribution < -0.4 is 11.1 Å². The molecule has 1 amide bonds. The molecule has 1 unspecified atom stereocenters. The topological polar surface area (TPSA) is 55.1 Å². The average Bonchev–Trinajstić information content (AvgIpc) is 2.29. The molecule has 0 rings (SSSR count). The zero-order valence-electron chi connectivity index (χ0n) is 11.9. The van der Waals surface area contributed by atoms with Gasteiger partial charge in [0.05, 0.1) is 5.75 Å². The van der Waals surface area contributed by atoms with Crippen LogP contribution in [0.3, 0.4) is 0 Å². The average molecular weight is 297 g/mol. The molecular formula is C13H29ClN2OS. The lowest BCUT2D eigenvalue weighted by atomic mass is 10.1. The molecule has 0 saturated heterocycles. The second-order valence-corrected chi connectivity index (χ2v) is 5.98. The number of unbranched alkanes of at least 4 members (excludes halogenated alkanes) is 1. The van der Waals surface area contributed by atoms with Gasteiger partial charge in [-0.1, -0.05) is 33.6 Å². The first kappa shape index (κ1) is 20.4. The van der Waals surface area contributed by atoms with Crippen molar-refractivity contribution >= 4 is 30.1 Å². The Morgan fingerprint density at radius 2 is 2.00 bits per heavy atom. The van der Waals surface area contributed by atoms with Gasteiger partial charge in [0.1, 0.15) is 0 Å². The van der Waals surface area contributed by atoms with Gasteiger partial charge in [-0.3, -0.25) is 4.79 Å². The normalized spacial score (nSPS) is 12.1. The highest BCUT2D eigenvalue weighted by atomic mass is 35.5. The molecule has 3 nitrogen and oxygen atoms in total. The third-order valence-electron chi connectivity index (χ3n) is 2.63. The van der Waals surface area contributed by atoms with E-state index in [2.05, 4.69) is 26.1 Å². The smallest absolute Gasteiger partial charge is 0.230 e. The molecule has 0 radical (unpaired) electrons. The highest BCUT2D eigenvalue weighted by Gasteiger charge is 2.09. The number of carbonyl (C=O) groups excluding carboxylic acids is 1. The number of hydrogen-bond acceptors (Lipinski definition) is 3. The van der Waals surface area contributed by atoms with Gasteiger partial charge in [-0.25, -0.2) is 0 Å². The van der Waals surface area contributed by atoms with Crippen LogP contribution in [0.25, 0.3) is 0 Å². The van der Waals surface area contributed by atoms with Crippen molar-refractivity contribution in [1.82, 2.24) is 5.32 Å². The molecule has 0 aromatic heterocycles. The van der Waals surface area contributed by atoms with E-state index in [9.17, 15) is 4.79 Å². The van der Waals surface area contributed by atoms with E-state index in [1.165, 1.54) is 6.42 Å². The molecule has 0 bridgehead atoms. The maximum absolute atomic E-state index is 11.6. The lowest BCUT2D eigenvalue weighted by molar-refractivity contribution is -0.119. The zero-order chi connectivity index (χ0) is 13.1. The molecule has 0 aliphatic rings. The van der Waals surface area contributed by atoms with Gasteiger partial charge in [-0.15, -0.1) is 12.4 Å². The van der Waals surface area contributed by atoms with Gasteiger partial charge in [0.2, 0.25) is 5.91 Å². The molecule has 0 fully saturated rings. The summed E-state index contributed by atoms with van der Waals surface area (Å²) < 4.78 is 0. The van der Waals surface area contributed by atoms with Crippen LogP contribution in [0.5, 0.6) is 0 Å². The number of carbonyl (C=O) groups is 1. The lowest BCUT2D eigenvalue weighted by Crippen LogP contribution is -2.41. The fraction of sp³-hybridized carbons (Fsp3) is 0.923. The van der Waals surface area contributed by atoms with E-state index in [-0.39, 0.29) is 24.4 Å². The van der Waals surface area contributed by atoms with E-state index in [4.69, 9.17) is 5.73 Å². The first-order valence-corrected chi connectivity index (χ1v) is 7.82. The summed E-state index contributed by atoms with van der Waals surface area (Å²) >= 11 is 1.71. The molecule has 110 valence electrons. The maximum Gasteiger partial charge on any atom is 0.230 e. The van der Waals surface area contributed by atoms with Crippen LogP contribution in [-0.4, -0.2) is 30.0 Å². The Hall–Kier alpha value is 0.0700. The van der Waals surface area contributed by atoms with Crippen molar-refractivity contribution in [3.8, 4) is 0 Å². The Morgan fingerprint density at radius 1 is 1.33 bits per heavy atom. The zero-order valence-corrected chi connectivity index (χ0v) is 13.5. The summed E-state index contributed by atoms with van der Waals surface area (Å²) in [5.41, 5.74) is 5.63. The predicted octanol–water partition coefficient (Wildman–Crippen LogP) is 2.82. The summed E-state index contributed by atoms with van der Waals surface area (Å²) in [7, 11) is 0. The molecule has 5 heteroatoms. The Bertz CT molecular complexity index is 203. The highest BCUT2D eigenvalue weighted by Crippen LogP contribution is 2.08. The SMILES string of the molecule is CCCCC(CN)NC(=O)CSCCC(C)C.Cl. The molecule has 18 heavy (non-hydrogen) atoms. The summed E-state index contributed by atoms with van der Waals surface area (Å²) in [5.74, 6) is 2.47. The Balaban J connectivity index is 0. The number of halogens is 1. The molecule has 0 aliphatic carbocycles. The predicted molar refractivity (Wildman–Crippen MR) is 84.5 cm³/mol. The third kappa shape index (κ3) is 12.5. The van der Waals surface area contributed by atoms with Crippen molar-refractivity contribution in [3.63, 3.8) is 0 Å². The molecule has 0 spiro atoms. The van der Waals surface area contributed by atoms with Crippen molar-refractivity contribution in [3.05, 3.63) is 0 Å². The van der Waals surface area contributed by atoms with Crippen LogP contribution in [0, 0.1) is 5.92 Å². The van der Waals surface area contributed by atoms with E-state index < -0.39 is 0 Å². The number of nitrogens with one attached hydrogen (secondary N) is 1. The molecule has 1 atom stereocenters. The van der Waals surface area contributed by atoms with E-state index in [1.54, 1.807) is 11.8 Å². The standard InChI is InChI=1S/C13H28N2OS.ClH/c1-4-5-6-12(9-14)15-13(16)10-17-8-7-11(2)3;/h11-12H,4-10,14H2,1-3H3,(H,15,16);1H. The molecule has 0 heterocycles. The largest absolute Gasteiger partial charge is 0.351 e. The molecule has 0 saturated carbocycles. The number of rotatable bonds is 10. The van der Waals surface area contributed by atoms with Gasteiger partial charge in [-0.2, -0.15) is 11.8 Å². The van der Waals surface area contributed by atoms with Crippen LogP contribution in [0.15, 0.2) is 0 Å². The Morgan fingerprint density at radius 3 is 2.50 bits per heavy atom. The van der Waals surface area contributed by atoms with Crippen molar-refractivity contribution in [1.29, 1.82) is 0 Å². The van der Waals surface area contributed by atoms with Crippen LogP contribution in [-0.2, 0) is 4.79 Å². The monoisotopic (exact) mass is 296 g/mol. The molecule has 0 aromatic carbocycles. The van der Waals surface area contributed by atoms with Gasteiger partial charge in [-0.05, 0) is 24.5 Å². The quantitative estimate of drug-likeness (QED) is 0.610. The summed E-state index contributed by atoms with van der Waals surface area (Å²) in [4.78, 5) is 11.6. The third-order valence-corrected chi connectivity index (χ3v) is 3.62. The Labute approximate surface area is 122 Å². The molecule has 0 aliphatic heterocycles. The number of nitrogens with two attached hydrogens (primary N) is 1. The minimum absolute atomic E-state index is 0. The number of hydrogen-bond donors (Lipinski definition) is 2. The molecular weight excluding hydrogens is 268 g/mol. The van der Waals surface area contributed by atoms with Crippen LogP contribution in [0.4, 0.5) is 0 Å². The molecule has 3 N–H and O–H groups in total. The van der Waals surface area contributed by atoms with Gasteiger partial charge >= 0.3 is 0 Å². The van der Waals surface area contributed by atoms with Crippen molar-refractivity contribution in [2.45, 2.75) is 52.5 Å². The minimum Gasteiger partial charge on any atom is -0.351 e. The van der Waals surface area contributed by atoms with Crippen LogP contribution >= 0.6 is 24.2 Å². The maximum atomic E-state index is 11.6. The first-order chi connectivity index (χ1) is 8.10. The second kappa shape index (κ2) is 13.5. The van der Waals surface area contributed by atoms with Crippen molar-refractivity contribution in [2.24, 2.45) is 11.7 Å². The van der Waals surface area contributed by atoms with Gasteiger partial charge < -0.3 is 11.1 Å². The van der Waals surface area contributed by atoms with E-state index in [1.807, 2.05) is 0 Å².